The lowest BCUT2D eigenvalue weighted by atomic mass is 10.1. The van der Waals surface area contributed by atoms with Crippen molar-refractivity contribution in [1.82, 2.24) is 15.0 Å². The highest BCUT2D eigenvalue weighted by atomic mass is 35.5. The zero-order valence-electron chi connectivity index (χ0n) is 12.6. The summed E-state index contributed by atoms with van der Waals surface area (Å²) in [6.45, 7) is 3.82. The molecule has 6 heteroatoms. The zero-order chi connectivity index (χ0) is 15.4. The highest BCUT2D eigenvalue weighted by Crippen LogP contribution is 2.26. The molecular weight excluding hydrogens is 300 g/mol. The molecule has 1 saturated heterocycles. The van der Waals surface area contributed by atoms with Crippen LogP contribution in [0.15, 0.2) is 30.7 Å². The Hall–Kier alpha value is -1.88. The highest BCUT2D eigenvalue weighted by Gasteiger charge is 2.23. The fourth-order valence-corrected chi connectivity index (χ4v) is 2.77. The first kappa shape index (κ1) is 15.0. The fraction of sp³-hybridized carbons (Fsp3) is 0.438. The van der Waals surface area contributed by atoms with E-state index in [1.807, 2.05) is 24.5 Å². The maximum atomic E-state index is 6.20. The van der Waals surface area contributed by atoms with Gasteiger partial charge in [-0.15, -0.1) is 0 Å². The van der Waals surface area contributed by atoms with E-state index in [1.165, 1.54) is 0 Å². The number of pyridine rings is 1. The number of anilines is 1. The van der Waals surface area contributed by atoms with Crippen LogP contribution in [0.2, 0.25) is 5.02 Å². The van der Waals surface area contributed by atoms with Gasteiger partial charge in [-0.05, 0) is 24.1 Å². The van der Waals surface area contributed by atoms with Crippen LogP contribution < -0.4 is 9.64 Å². The molecule has 22 heavy (non-hydrogen) atoms. The number of piperidine rings is 1. The number of aryl methyl sites for hydroxylation is 1. The summed E-state index contributed by atoms with van der Waals surface area (Å²) in [6, 6.07) is 4.18. The van der Waals surface area contributed by atoms with Crippen molar-refractivity contribution in [3.63, 3.8) is 0 Å². The molecule has 0 N–H and O–H groups in total. The van der Waals surface area contributed by atoms with Gasteiger partial charge in [0.1, 0.15) is 11.9 Å². The van der Waals surface area contributed by atoms with E-state index in [0.29, 0.717) is 11.0 Å². The van der Waals surface area contributed by atoms with Gasteiger partial charge in [0, 0.05) is 44.5 Å². The van der Waals surface area contributed by atoms with E-state index in [2.05, 4.69) is 26.8 Å². The number of rotatable bonds is 4. The smallest absolute Gasteiger partial charge is 0.316 e. The standard InChI is InChI=1S/C16H19ClN4O/c1-2-12-10-19-16(20-11-12)22-13-5-8-21(9-6-13)15-14(17)4-3-7-18-15/h3-4,7,10-11,13H,2,5-6,8-9H2,1H3. The molecular formula is C16H19ClN4O. The first-order valence-corrected chi connectivity index (χ1v) is 7.97. The maximum Gasteiger partial charge on any atom is 0.316 e. The van der Waals surface area contributed by atoms with Crippen molar-refractivity contribution >= 4 is 17.4 Å². The van der Waals surface area contributed by atoms with E-state index >= 15 is 0 Å². The van der Waals surface area contributed by atoms with Crippen molar-refractivity contribution in [1.29, 1.82) is 0 Å². The van der Waals surface area contributed by atoms with Gasteiger partial charge >= 0.3 is 6.01 Å². The van der Waals surface area contributed by atoms with Gasteiger partial charge in [-0.2, -0.15) is 0 Å². The van der Waals surface area contributed by atoms with Crippen LogP contribution in [0.3, 0.4) is 0 Å². The van der Waals surface area contributed by atoms with Gasteiger partial charge in [0.15, 0.2) is 0 Å². The number of ether oxygens (including phenoxy) is 1. The third kappa shape index (κ3) is 3.47. The molecule has 0 aliphatic carbocycles. The fourth-order valence-electron chi connectivity index (χ4n) is 2.53. The molecule has 0 radical (unpaired) electrons. The monoisotopic (exact) mass is 318 g/mol. The molecule has 2 aromatic heterocycles. The average molecular weight is 319 g/mol. The normalized spacial score (nSPS) is 15.8. The summed E-state index contributed by atoms with van der Waals surface area (Å²) >= 11 is 6.20. The number of halogens is 1. The Bertz CT molecular complexity index is 612. The Morgan fingerprint density at radius 1 is 1.23 bits per heavy atom. The minimum absolute atomic E-state index is 0.145. The third-order valence-electron chi connectivity index (χ3n) is 3.84. The van der Waals surface area contributed by atoms with Gasteiger partial charge in [0.05, 0.1) is 5.02 Å². The second-order valence-electron chi connectivity index (χ2n) is 5.34. The van der Waals surface area contributed by atoms with Crippen molar-refractivity contribution in [3.8, 4) is 6.01 Å². The SMILES string of the molecule is CCc1cnc(OC2CCN(c3ncccc3Cl)CC2)nc1. The molecule has 116 valence electrons. The maximum absolute atomic E-state index is 6.20. The molecule has 3 heterocycles. The van der Waals surface area contributed by atoms with Crippen molar-refractivity contribution in [2.75, 3.05) is 18.0 Å². The second kappa shape index (κ2) is 6.92. The van der Waals surface area contributed by atoms with Gasteiger partial charge < -0.3 is 9.64 Å². The molecule has 0 bridgehead atoms. The summed E-state index contributed by atoms with van der Waals surface area (Å²) < 4.78 is 5.87. The average Bonchev–Trinajstić information content (AvgIpc) is 2.57. The molecule has 0 saturated carbocycles. The van der Waals surface area contributed by atoms with E-state index in [9.17, 15) is 0 Å². The Morgan fingerprint density at radius 3 is 2.59 bits per heavy atom. The zero-order valence-corrected chi connectivity index (χ0v) is 13.3. The van der Waals surface area contributed by atoms with Crippen LogP contribution in [0.4, 0.5) is 5.82 Å². The van der Waals surface area contributed by atoms with Crippen LogP contribution in [0.1, 0.15) is 25.3 Å². The third-order valence-corrected chi connectivity index (χ3v) is 4.14. The second-order valence-corrected chi connectivity index (χ2v) is 5.75. The molecule has 3 rings (SSSR count). The lowest BCUT2D eigenvalue weighted by Crippen LogP contribution is -2.39. The number of hydrogen-bond donors (Lipinski definition) is 0. The van der Waals surface area contributed by atoms with Crippen molar-refractivity contribution < 1.29 is 4.74 Å². The van der Waals surface area contributed by atoms with E-state index in [4.69, 9.17) is 16.3 Å². The summed E-state index contributed by atoms with van der Waals surface area (Å²) in [7, 11) is 0. The minimum Gasteiger partial charge on any atom is -0.460 e. The van der Waals surface area contributed by atoms with Crippen molar-refractivity contribution in [3.05, 3.63) is 41.3 Å². The number of nitrogens with zero attached hydrogens (tertiary/aromatic N) is 4. The predicted molar refractivity (Wildman–Crippen MR) is 86.5 cm³/mol. The Labute approximate surface area is 135 Å². The van der Waals surface area contributed by atoms with Gasteiger partial charge in [-0.1, -0.05) is 18.5 Å². The van der Waals surface area contributed by atoms with Crippen LogP contribution in [-0.2, 0) is 6.42 Å². The summed E-state index contributed by atoms with van der Waals surface area (Å²) in [5.41, 5.74) is 1.12. The quantitative estimate of drug-likeness (QED) is 0.867. The molecule has 1 aliphatic rings. The topological polar surface area (TPSA) is 51.1 Å². The van der Waals surface area contributed by atoms with Gasteiger partial charge in [-0.3, -0.25) is 0 Å². The Kier molecular flexibility index (Phi) is 4.73. The molecule has 1 fully saturated rings. The lowest BCUT2D eigenvalue weighted by Gasteiger charge is -2.32. The molecule has 0 aromatic carbocycles. The van der Waals surface area contributed by atoms with E-state index in [-0.39, 0.29) is 6.10 Å². The summed E-state index contributed by atoms with van der Waals surface area (Å²) in [6.07, 6.45) is 8.32. The van der Waals surface area contributed by atoms with Crippen LogP contribution in [0, 0.1) is 0 Å². The highest BCUT2D eigenvalue weighted by molar-refractivity contribution is 6.32. The summed E-state index contributed by atoms with van der Waals surface area (Å²) in [5.74, 6) is 0.853. The molecule has 2 aromatic rings. The van der Waals surface area contributed by atoms with Crippen LogP contribution in [-0.4, -0.2) is 34.1 Å². The predicted octanol–water partition coefficient (Wildman–Crippen LogP) is 3.14. The van der Waals surface area contributed by atoms with E-state index < -0.39 is 0 Å². The van der Waals surface area contributed by atoms with Gasteiger partial charge in [0.25, 0.3) is 0 Å². The molecule has 5 nitrogen and oxygen atoms in total. The van der Waals surface area contributed by atoms with Crippen LogP contribution in [0.25, 0.3) is 0 Å². The van der Waals surface area contributed by atoms with E-state index in [1.54, 1.807) is 6.20 Å². The van der Waals surface area contributed by atoms with E-state index in [0.717, 1.165) is 43.7 Å². The number of hydrogen-bond acceptors (Lipinski definition) is 5. The molecule has 0 atom stereocenters. The van der Waals surface area contributed by atoms with Crippen molar-refractivity contribution in [2.24, 2.45) is 0 Å². The first-order chi connectivity index (χ1) is 10.8. The summed E-state index contributed by atoms with van der Waals surface area (Å²) in [5, 5.41) is 0.695. The molecule has 1 aliphatic heterocycles. The summed E-state index contributed by atoms with van der Waals surface area (Å²) in [4.78, 5) is 15.1. The van der Waals surface area contributed by atoms with Crippen LogP contribution in [0.5, 0.6) is 6.01 Å². The molecule has 0 amide bonds. The van der Waals surface area contributed by atoms with Crippen LogP contribution >= 0.6 is 11.6 Å². The largest absolute Gasteiger partial charge is 0.460 e. The first-order valence-electron chi connectivity index (χ1n) is 7.59. The van der Waals surface area contributed by atoms with Gasteiger partial charge in [0.2, 0.25) is 0 Å². The Balaban J connectivity index is 1.56. The number of aromatic nitrogens is 3. The Morgan fingerprint density at radius 2 is 1.95 bits per heavy atom. The molecule has 0 unspecified atom stereocenters. The van der Waals surface area contributed by atoms with Gasteiger partial charge in [-0.25, -0.2) is 15.0 Å². The minimum atomic E-state index is 0.145. The molecule has 0 spiro atoms. The van der Waals surface area contributed by atoms with Crippen molar-refractivity contribution in [2.45, 2.75) is 32.3 Å². The lowest BCUT2D eigenvalue weighted by molar-refractivity contribution is 0.156.